The number of hydrogen-bond acceptors (Lipinski definition) is 8. The van der Waals surface area contributed by atoms with Crippen molar-refractivity contribution in [3.63, 3.8) is 0 Å². The first kappa shape index (κ1) is 27.4. The number of amides is 1. The molecule has 38 heavy (non-hydrogen) atoms. The number of anilines is 1. The highest BCUT2D eigenvalue weighted by atomic mass is 32.2. The molecule has 0 saturated carbocycles. The predicted molar refractivity (Wildman–Crippen MR) is 151 cm³/mol. The number of nitrogens with zero attached hydrogens (tertiary/aromatic N) is 3. The van der Waals surface area contributed by atoms with Gasteiger partial charge in [0.1, 0.15) is 16.3 Å². The van der Waals surface area contributed by atoms with Crippen molar-refractivity contribution in [1.82, 2.24) is 14.8 Å². The zero-order chi connectivity index (χ0) is 27.2. The quantitative estimate of drug-likeness (QED) is 0.183. The third-order valence-corrected chi connectivity index (χ3v) is 7.65. The molecule has 1 N–H and O–H groups in total. The SMILES string of the molecule is CCn1c(SCC(=O)Nc2scc(-c3ccccc3)c2C(=O)OC)nnc1C(C)Oc1cc(C)cc(C)c1. The van der Waals surface area contributed by atoms with Gasteiger partial charge in [0.15, 0.2) is 17.1 Å². The number of rotatable bonds is 10. The van der Waals surface area contributed by atoms with Crippen molar-refractivity contribution in [3.05, 3.63) is 76.4 Å². The molecule has 0 aliphatic carbocycles. The monoisotopic (exact) mass is 550 g/mol. The van der Waals surface area contributed by atoms with Crippen LogP contribution in [0.1, 0.15) is 47.3 Å². The molecule has 4 rings (SSSR count). The first-order chi connectivity index (χ1) is 18.3. The summed E-state index contributed by atoms with van der Waals surface area (Å²) < 4.78 is 13.1. The average molecular weight is 551 g/mol. The predicted octanol–water partition coefficient (Wildman–Crippen LogP) is 6.30. The van der Waals surface area contributed by atoms with E-state index < -0.39 is 5.97 Å². The molecule has 2 aromatic carbocycles. The number of carbonyl (C=O) groups excluding carboxylic acids is 2. The van der Waals surface area contributed by atoms with Crippen LogP contribution in [0.4, 0.5) is 5.00 Å². The standard InChI is InChI=1S/C28H30N4O4S2/c1-6-32-25(19(4)36-21-13-17(2)12-18(3)14-21)30-31-28(32)38-16-23(33)29-26-24(27(34)35-5)22(15-37-26)20-10-8-7-9-11-20/h7-15,19H,6,16H2,1-5H3,(H,29,33). The topological polar surface area (TPSA) is 95.3 Å². The van der Waals surface area contributed by atoms with Crippen LogP contribution in [0.25, 0.3) is 11.1 Å². The van der Waals surface area contributed by atoms with E-state index in [1.54, 1.807) is 0 Å². The van der Waals surface area contributed by atoms with Gasteiger partial charge in [0.2, 0.25) is 5.91 Å². The van der Waals surface area contributed by atoms with Gasteiger partial charge in [-0.1, -0.05) is 48.2 Å². The number of hydrogen-bond donors (Lipinski definition) is 1. The number of carbonyl (C=O) groups is 2. The first-order valence-corrected chi connectivity index (χ1v) is 14.0. The van der Waals surface area contributed by atoms with Crippen LogP contribution in [0.3, 0.4) is 0 Å². The van der Waals surface area contributed by atoms with E-state index >= 15 is 0 Å². The summed E-state index contributed by atoms with van der Waals surface area (Å²) in [6, 6.07) is 15.6. The van der Waals surface area contributed by atoms with Crippen LogP contribution < -0.4 is 10.1 Å². The number of ether oxygens (including phenoxy) is 2. The Labute approximate surface area is 230 Å². The molecule has 1 amide bonds. The Morgan fingerprint density at radius 3 is 2.47 bits per heavy atom. The third-order valence-electron chi connectivity index (χ3n) is 5.78. The smallest absolute Gasteiger partial charge is 0.341 e. The molecule has 1 unspecified atom stereocenters. The lowest BCUT2D eigenvalue weighted by molar-refractivity contribution is -0.113. The Morgan fingerprint density at radius 1 is 1.11 bits per heavy atom. The molecule has 0 bridgehead atoms. The Bertz CT molecular complexity index is 1410. The van der Waals surface area contributed by atoms with Crippen molar-refractivity contribution in [1.29, 1.82) is 0 Å². The minimum Gasteiger partial charge on any atom is -0.483 e. The summed E-state index contributed by atoms with van der Waals surface area (Å²) in [5.41, 5.74) is 4.20. The van der Waals surface area contributed by atoms with E-state index in [1.807, 2.05) is 80.1 Å². The molecule has 0 aliphatic rings. The van der Waals surface area contributed by atoms with Gasteiger partial charge in [0.25, 0.3) is 0 Å². The minimum absolute atomic E-state index is 0.101. The lowest BCUT2D eigenvalue weighted by atomic mass is 10.0. The fraction of sp³-hybridized carbons (Fsp3) is 0.286. The van der Waals surface area contributed by atoms with Gasteiger partial charge in [-0.15, -0.1) is 21.5 Å². The number of methoxy groups -OCH3 is 1. The highest BCUT2D eigenvalue weighted by Gasteiger charge is 2.23. The van der Waals surface area contributed by atoms with Gasteiger partial charge in [0, 0.05) is 17.5 Å². The highest BCUT2D eigenvalue weighted by Crippen LogP contribution is 2.36. The molecule has 10 heteroatoms. The van der Waals surface area contributed by atoms with Crippen molar-refractivity contribution < 1.29 is 19.1 Å². The number of aryl methyl sites for hydroxylation is 2. The molecular weight excluding hydrogens is 520 g/mol. The maximum absolute atomic E-state index is 12.9. The molecule has 0 radical (unpaired) electrons. The zero-order valence-corrected chi connectivity index (χ0v) is 23.6. The fourth-order valence-corrected chi connectivity index (χ4v) is 5.92. The van der Waals surface area contributed by atoms with E-state index in [0.29, 0.717) is 28.1 Å². The number of aromatic nitrogens is 3. The molecule has 0 aliphatic heterocycles. The first-order valence-electron chi connectivity index (χ1n) is 12.2. The third kappa shape index (κ3) is 6.25. The Morgan fingerprint density at radius 2 is 1.82 bits per heavy atom. The van der Waals surface area contributed by atoms with Gasteiger partial charge in [-0.25, -0.2) is 4.79 Å². The molecule has 2 aromatic heterocycles. The summed E-state index contributed by atoms with van der Waals surface area (Å²) in [6.45, 7) is 8.63. The summed E-state index contributed by atoms with van der Waals surface area (Å²) in [7, 11) is 1.33. The largest absolute Gasteiger partial charge is 0.483 e. The van der Waals surface area contributed by atoms with Crippen LogP contribution in [0.15, 0.2) is 59.1 Å². The van der Waals surface area contributed by atoms with Crippen LogP contribution in [-0.2, 0) is 16.1 Å². The van der Waals surface area contributed by atoms with E-state index in [-0.39, 0.29) is 17.8 Å². The summed E-state index contributed by atoms with van der Waals surface area (Å²) >= 11 is 2.57. The normalized spacial score (nSPS) is 11.7. The molecule has 0 spiro atoms. The molecule has 0 fully saturated rings. The number of thioether (sulfide) groups is 1. The van der Waals surface area contributed by atoms with Crippen molar-refractivity contribution in [2.24, 2.45) is 0 Å². The van der Waals surface area contributed by atoms with Crippen LogP contribution in [0.5, 0.6) is 5.75 Å². The summed E-state index contributed by atoms with van der Waals surface area (Å²) in [6.07, 6.45) is -0.322. The summed E-state index contributed by atoms with van der Waals surface area (Å²) in [5.74, 6) is 0.813. The van der Waals surface area contributed by atoms with Crippen molar-refractivity contribution in [2.75, 3.05) is 18.2 Å². The number of nitrogens with one attached hydrogen (secondary N) is 1. The second kappa shape index (κ2) is 12.3. The molecular formula is C28H30N4O4S2. The molecule has 2 heterocycles. The van der Waals surface area contributed by atoms with E-state index in [4.69, 9.17) is 9.47 Å². The van der Waals surface area contributed by atoms with Crippen molar-refractivity contribution in [3.8, 4) is 16.9 Å². The van der Waals surface area contributed by atoms with Crippen LogP contribution in [-0.4, -0.2) is 39.5 Å². The van der Waals surface area contributed by atoms with Crippen molar-refractivity contribution in [2.45, 2.75) is 45.5 Å². The lowest BCUT2D eigenvalue weighted by Crippen LogP contribution is -2.17. The molecule has 198 valence electrons. The van der Waals surface area contributed by atoms with Gasteiger partial charge in [-0.3, -0.25) is 4.79 Å². The number of esters is 1. The highest BCUT2D eigenvalue weighted by molar-refractivity contribution is 7.99. The fourth-order valence-electron chi connectivity index (χ4n) is 4.14. The molecule has 1 atom stereocenters. The zero-order valence-electron chi connectivity index (χ0n) is 22.0. The van der Waals surface area contributed by atoms with Crippen LogP contribution in [0, 0.1) is 13.8 Å². The Balaban J connectivity index is 1.45. The average Bonchev–Trinajstić information content (AvgIpc) is 3.51. The maximum atomic E-state index is 12.9. The van der Waals surface area contributed by atoms with E-state index in [2.05, 4.69) is 21.6 Å². The Hall–Kier alpha value is -3.63. The van der Waals surface area contributed by atoms with Crippen LogP contribution in [0.2, 0.25) is 0 Å². The van der Waals surface area contributed by atoms with Gasteiger partial charge in [0.05, 0.1) is 12.9 Å². The summed E-state index contributed by atoms with van der Waals surface area (Å²) in [5, 5.41) is 14.5. The number of thiophene rings is 1. The second-order valence-electron chi connectivity index (χ2n) is 8.72. The van der Waals surface area contributed by atoms with E-state index in [9.17, 15) is 9.59 Å². The van der Waals surface area contributed by atoms with E-state index in [1.165, 1.54) is 30.2 Å². The van der Waals surface area contributed by atoms with Gasteiger partial charge in [-0.05, 0) is 56.5 Å². The van der Waals surface area contributed by atoms with Gasteiger partial charge >= 0.3 is 5.97 Å². The molecule has 4 aromatic rings. The van der Waals surface area contributed by atoms with Crippen molar-refractivity contribution >= 4 is 40.0 Å². The minimum atomic E-state index is -0.499. The second-order valence-corrected chi connectivity index (χ2v) is 10.5. The maximum Gasteiger partial charge on any atom is 0.341 e. The summed E-state index contributed by atoms with van der Waals surface area (Å²) in [4.78, 5) is 25.4. The van der Waals surface area contributed by atoms with Gasteiger partial charge in [-0.2, -0.15) is 0 Å². The van der Waals surface area contributed by atoms with E-state index in [0.717, 1.165) is 28.0 Å². The molecule has 0 saturated heterocycles. The van der Waals surface area contributed by atoms with Gasteiger partial charge < -0.3 is 19.4 Å². The number of benzene rings is 2. The van der Waals surface area contributed by atoms with Crippen LogP contribution >= 0.6 is 23.1 Å². The molecule has 8 nitrogen and oxygen atoms in total. The lowest BCUT2D eigenvalue weighted by Gasteiger charge is -2.16. The Kier molecular flexibility index (Phi) is 8.85.